The predicted octanol–water partition coefficient (Wildman–Crippen LogP) is 3.63. The number of carbonyl (C=O) groups is 1. The van der Waals surface area contributed by atoms with E-state index in [0.717, 1.165) is 5.69 Å². The van der Waals surface area contributed by atoms with Crippen LogP contribution in [0.25, 0.3) is 0 Å². The minimum atomic E-state index is -0.589. The number of ether oxygens (including phenoxy) is 1. The highest BCUT2D eigenvalue weighted by Gasteiger charge is 2.24. The van der Waals surface area contributed by atoms with Crippen LogP contribution in [-0.2, 0) is 4.79 Å². The number of rotatable bonds is 5. The number of para-hydroxylation sites is 1. The number of benzene rings is 2. The lowest BCUT2D eigenvalue weighted by molar-refractivity contribution is -0.385. The minimum Gasteiger partial charge on any atom is -0.477 e. The van der Waals surface area contributed by atoms with Gasteiger partial charge in [-0.1, -0.05) is 35.3 Å². The van der Waals surface area contributed by atoms with Gasteiger partial charge in [0, 0.05) is 37.3 Å². The highest BCUT2D eigenvalue weighted by molar-refractivity contribution is 6.33. The molecule has 0 bridgehead atoms. The van der Waals surface area contributed by atoms with Crippen LogP contribution in [0.1, 0.15) is 0 Å². The van der Waals surface area contributed by atoms with Crippen molar-refractivity contribution in [2.24, 2.45) is 0 Å². The van der Waals surface area contributed by atoms with Crippen molar-refractivity contribution in [2.45, 2.75) is 0 Å². The monoisotopic (exact) mass is 409 g/mol. The Bertz CT molecular complexity index is 854. The van der Waals surface area contributed by atoms with Gasteiger partial charge in [-0.05, 0) is 24.3 Å². The molecular weight excluding hydrogens is 393 g/mol. The van der Waals surface area contributed by atoms with Gasteiger partial charge >= 0.3 is 5.69 Å². The molecule has 1 aliphatic heterocycles. The van der Waals surface area contributed by atoms with Crippen LogP contribution in [-0.4, -0.2) is 48.5 Å². The number of anilines is 1. The fourth-order valence-electron chi connectivity index (χ4n) is 2.89. The lowest BCUT2D eigenvalue weighted by Crippen LogP contribution is -2.50. The van der Waals surface area contributed by atoms with Crippen LogP contribution in [0.15, 0.2) is 42.5 Å². The van der Waals surface area contributed by atoms with Crippen molar-refractivity contribution < 1.29 is 14.5 Å². The number of nitro groups is 1. The highest BCUT2D eigenvalue weighted by Crippen LogP contribution is 2.30. The Morgan fingerprint density at radius 1 is 1.11 bits per heavy atom. The lowest BCUT2D eigenvalue weighted by atomic mass is 10.2. The molecule has 1 aliphatic rings. The summed E-state index contributed by atoms with van der Waals surface area (Å²) in [5, 5.41) is 12.0. The Hall–Kier alpha value is -2.51. The maximum atomic E-state index is 12.4. The quantitative estimate of drug-likeness (QED) is 0.556. The van der Waals surface area contributed by atoms with E-state index in [1.54, 1.807) is 4.90 Å². The largest absolute Gasteiger partial charge is 0.477 e. The van der Waals surface area contributed by atoms with Gasteiger partial charge in [-0.3, -0.25) is 14.9 Å². The number of amides is 1. The lowest BCUT2D eigenvalue weighted by Gasteiger charge is -2.36. The van der Waals surface area contributed by atoms with Gasteiger partial charge in [0.05, 0.1) is 15.6 Å². The predicted molar refractivity (Wildman–Crippen MR) is 104 cm³/mol. The number of nitrogens with zero attached hydrogens (tertiary/aromatic N) is 3. The first-order valence-electron chi connectivity index (χ1n) is 8.29. The van der Waals surface area contributed by atoms with Crippen LogP contribution in [0.2, 0.25) is 10.0 Å². The SMILES string of the molecule is O=C(COc1ccc(Cl)cc1[N+](=O)[O-])N1CCN(c2ccccc2Cl)CC1. The zero-order valence-corrected chi connectivity index (χ0v) is 15.8. The summed E-state index contributed by atoms with van der Waals surface area (Å²) in [6.07, 6.45) is 0. The van der Waals surface area contributed by atoms with Gasteiger partial charge in [-0.15, -0.1) is 0 Å². The standard InChI is InChI=1S/C18H17Cl2N3O4/c19-13-5-6-17(16(11-13)23(25)26)27-12-18(24)22-9-7-21(8-10-22)15-4-2-1-3-14(15)20/h1-6,11H,7-10,12H2. The van der Waals surface area contributed by atoms with Crippen LogP contribution >= 0.6 is 23.2 Å². The van der Waals surface area contributed by atoms with Crippen LogP contribution < -0.4 is 9.64 Å². The average Bonchev–Trinajstić information content (AvgIpc) is 2.67. The molecule has 0 aliphatic carbocycles. The van der Waals surface area contributed by atoms with Crippen LogP contribution in [0.3, 0.4) is 0 Å². The second-order valence-corrected chi connectivity index (χ2v) is 6.82. The van der Waals surface area contributed by atoms with Crippen molar-refractivity contribution in [3.05, 3.63) is 62.6 Å². The molecule has 7 nitrogen and oxygen atoms in total. The molecule has 0 spiro atoms. The Labute approximate surface area is 166 Å². The van der Waals surface area contributed by atoms with E-state index < -0.39 is 4.92 Å². The summed E-state index contributed by atoms with van der Waals surface area (Å²) >= 11 is 12.0. The van der Waals surface area contributed by atoms with Gasteiger partial charge in [0.1, 0.15) is 0 Å². The van der Waals surface area contributed by atoms with E-state index in [9.17, 15) is 14.9 Å². The first-order valence-corrected chi connectivity index (χ1v) is 9.05. The summed E-state index contributed by atoms with van der Waals surface area (Å²) in [4.78, 5) is 26.7. The zero-order valence-electron chi connectivity index (χ0n) is 14.3. The average molecular weight is 410 g/mol. The Morgan fingerprint density at radius 3 is 2.48 bits per heavy atom. The molecule has 142 valence electrons. The van der Waals surface area contributed by atoms with Crippen molar-refractivity contribution in [2.75, 3.05) is 37.7 Å². The van der Waals surface area contributed by atoms with Crippen molar-refractivity contribution in [1.29, 1.82) is 0 Å². The third kappa shape index (κ3) is 4.61. The Balaban J connectivity index is 1.56. The number of halogens is 2. The molecule has 2 aromatic carbocycles. The van der Waals surface area contributed by atoms with Crippen molar-refractivity contribution in [3.63, 3.8) is 0 Å². The third-order valence-corrected chi connectivity index (χ3v) is 4.85. The van der Waals surface area contributed by atoms with Gasteiger partial charge in [0.25, 0.3) is 5.91 Å². The Morgan fingerprint density at radius 2 is 1.81 bits per heavy atom. The normalized spacial score (nSPS) is 14.1. The van der Waals surface area contributed by atoms with Crippen molar-refractivity contribution >= 4 is 40.5 Å². The van der Waals surface area contributed by atoms with E-state index in [2.05, 4.69) is 4.90 Å². The molecule has 1 heterocycles. The summed E-state index contributed by atoms with van der Waals surface area (Å²) in [7, 11) is 0. The van der Waals surface area contributed by atoms with E-state index >= 15 is 0 Å². The van der Waals surface area contributed by atoms with Crippen molar-refractivity contribution in [3.8, 4) is 5.75 Å². The second kappa shape index (κ2) is 8.45. The van der Waals surface area contributed by atoms with Gasteiger partial charge in [0.2, 0.25) is 0 Å². The van der Waals surface area contributed by atoms with E-state index in [0.29, 0.717) is 31.2 Å². The molecule has 1 saturated heterocycles. The maximum absolute atomic E-state index is 12.4. The topological polar surface area (TPSA) is 75.9 Å². The van der Waals surface area contributed by atoms with Crippen LogP contribution in [0, 0.1) is 10.1 Å². The summed E-state index contributed by atoms with van der Waals surface area (Å²) in [6.45, 7) is 2.08. The molecule has 1 fully saturated rings. The molecule has 0 unspecified atom stereocenters. The first-order chi connectivity index (χ1) is 13.0. The molecule has 3 rings (SSSR count). The number of hydrogen-bond acceptors (Lipinski definition) is 5. The van der Waals surface area contributed by atoms with Gasteiger partial charge in [-0.25, -0.2) is 0 Å². The molecule has 2 aromatic rings. The second-order valence-electron chi connectivity index (χ2n) is 5.98. The summed E-state index contributed by atoms with van der Waals surface area (Å²) < 4.78 is 5.37. The number of nitro benzene ring substituents is 1. The van der Waals surface area contributed by atoms with E-state index in [1.807, 2.05) is 24.3 Å². The Kier molecular flexibility index (Phi) is 6.03. The minimum absolute atomic E-state index is 0.0208. The molecule has 0 N–H and O–H groups in total. The number of piperazine rings is 1. The summed E-state index contributed by atoms with van der Waals surface area (Å²) in [5.41, 5.74) is 0.679. The molecule has 27 heavy (non-hydrogen) atoms. The maximum Gasteiger partial charge on any atom is 0.312 e. The van der Waals surface area contributed by atoms with Gasteiger partial charge in [-0.2, -0.15) is 0 Å². The zero-order chi connectivity index (χ0) is 19.4. The summed E-state index contributed by atoms with van der Waals surface area (Å²) in [5.74, 6) is -0.203. The van der Waals surface area contributed by atoms with Gasteiger partial charge < -0.3 is 14.5 Å². The third-order valence-electron chi connectivity index (χ3n) is 4.29. The van der Waals surface area contributed by atoms with Crippen LogP contribution in [0.4, 0.5) is 11.4 Å². The van der Waals surface area contributed by atoms with Crippen molar-refractivity contribution in [1.82, 2.24) is 4.90 Å². The van der Waals surface area contributed by atoms with E-state index in [-0.39, 0.29) is 29.0 Å². The van der Waals surface area contributed by atoms with Gasteiger partial charge in [0.15, 0.2) is 12.4 Å². The molecule has 9 heteroatoms. The van der Waals surface area contributed by atoms with E-state index in [4.69, 9.17) is 27.9 Å². The first kappa shape index (κ1) is 19.3. The van der Waals surface area contributed by atoms with E-state index in [1.165, 1.54) is 18.2 Å². The molecular formula is C18H17Cl2N3O4. The molecule has 1 amide bonds. The van der Waals surface area contributed by atoms with Crippen LogP contribution in [0.5, 0.6) is 5.75 Å². The fraction of sp³-hybridized carbons (Fsp3) is 0.278. The molecule has 0 aromatic heterocycles. The molecule has 0 atom stereocenters. The summed E-state index contributed by atoms with van der Waals surface area (Å²) in [6, 6.07) is 11.7. The number of hydrogen-bond donors (Lipinski definition) is 0. The number of carbonyl (C=O) groups excluding carboxylic acids is 1. The molecule has 0 radical (unpaired) electrons. The highest BCUT2D eigenvalue weighted by atomic mass is 35.5. The fourth-order valence-corrected chi connectivity index (χ4v) is 3.31. The smallest absolute Gasteiger partial charge is 0.312 e. The molecule has 0 saturated carbocycles.